The lowest BCUT2D eigenvalue weighted by Crippen LogP contribution is -2.46. The average Bonchev–Trinajstić information content (AvgIpc) is 2.40. The molecule has 1 aromatic rings. The molecule has 2 rings (SSSR count). The maximum absolute atomic E-state index is 5.52. The first kappa shape index (κ1) is 13.3. The van der Waals surface area contributed by atoms with Crippen molar-refractivity contribution in [3.05, 3.63) is 24.0 Å². The van der Waals surface area contributed by atoms with Gasteiger partial charge >= 0.3 is 0 Å². The van der Waals surface area contributed by atoms with Crippen molar-refractivity contribution in [2.75, 3.05) is 44.2 Å². The number of nitrogens with two attached hydrogens (primary N) is 1. The second kappa shape index (κ2) is 6.71. The molecule has 0 spiro atoms. The van der Waals surface area contributed by atoms with Crippen LogP contribution in [0.3, 0.4) is 0 Å². The lowest BCUT2D eigenvalue weighted by atomic mass is 10.2. The first-order chi connectivity index (χ1) is 8.79. The standard InChI is InChI=1S/C14H24N4/c1-13-12-14(4-6-16-13)18-10-8-17(9-11-18)7-3-2-5-15/h4,6,12H,2-3,5,7-11,15H2,1H3. The molecule has 0 atom stereocenters. The van der Waals surface area contributed by atoms with E-state index in [1.54, 1.807) is 0 Å². The zero-order chi connectivity index (χ0) is 12.8. The number of pyridine rings is 1. The Hall–Kier alpha value is -1.13. The highest BCUT2D eigenvalue weighted by atomic mass is 15.3. The molecule has 1 aliphatic heterocycles. The SMILES string of the molecule is Cc1cc(N2CCN(CCCCN)CC2)ccn1. The summed E-state index contributed by atoms with van der Waals surface area (Å²) in [6.45, 7) is 8.61. The minimum absolute atomic E-state index is 0.816. The minimum atomic E-state index is 0.816. The van der Waals surface area contributed by atoms with Gasteiger partial charge in [-0.1, -0.05) is 0 Å². The third-order valence-corrected chi connectivity index (χ3v) is 3.55. The van der Waals surface area contributed by atoms with E-state index in [9.17, 15) is 0 Å². The zero-order valence-electron chi connectivity index (χ0n) is 11.3. The van der Waals surface area contributed by atoms with Crippen molar-refractivity contribution in [2.24, 2.45) is 5.73 Å². The molecule has 1 aromatic heterocycles. The van der Waals surface area contributed by atoms with E-state index in [1.807, 2.05) is 13.1 Å². The van der Waals surface area contributed by atoms with Gasteiger partial charge in [0.2, 0.25) is 0 Å². The summed E-state index contributed by atoms with van der Waals surface area (Å²) in [6.07, 6.45) is 4.27. The number of aromatic nitrogens is 1. The Labute approximate surface area is 110 Å². The normalized spacial score (nSPS) is 17.1. The van der Waals surface area contributed by atoms with Crippen molar-refractivity contribution in [3.63, 3.8) is 0 Å². The highest BCUT2D eigenvalue weighted by Crippen LogP contribution is 2.16. The van der Waals surface area contributed by atoms with E-state index >= 15 is 0 Å². The maximum Gasteiger partial charge on any atom is 0.0400 e. The van der Waals surface area contributed by atoms with Crippen LogP contribution in [-0.2, 0) is 0 Å². The van der Waals surface area contributed by atoms with E-state index in [0.717, 1.165) is 44.8 Å². The van der Waals surface area contributed by atoms with Crippen molar-refractivity contribution < 1.29 is 0 Å². The van der Waals surface area contributed by atoms with Crippen LogP contribution in [0.1, 0.15) is 18.5 Å². The van der Waals surface area contributed by atoms with E-state index in [1.165, 1.54) is 18.7 Å². The van der Waals surface area contributed by atoms with E-state index < -0.39 is 0 Å². The molecule has 2 N–H and O–H groups in total. The number of aryl methyl sites for hydroxylation is 1. The summed E-state index contributed by atoms with van der Waals surface area (Å²) in [5.41, 5.74) is 7.93. The molecule has 100 valence electrons. The molecular formula is C14H24N4. The third-order valence-electron chi connectivity index (χ3n) is 3.55. The van der Waals surface area contributed by atoms with Crippen LogP contribution >= 0.6 is 0 Å². The van der Waals surface area contributed by atoms with Crippen molar-refractivity contribution in [1.29, 1.82) is 0 Å². The monoisotopic (exact) mass is 248 g/mol. The van der Waals surface area contributed by atoms with Crippen LogP contribution in [0.5, 0.6) is 0 Å². The number of piperazine rings is 1. The topological polar surface area (TPSA) is 45.4 Å². The second-order valence-electron chi connectivity index (χ2n) is 4.98. The van der Waals surface area contributed by atoms with E-state index in [0.29, 0.717) is 0 Å². The smallest absolute Gasteiger partial charge is 0.0400 e. The molecule has 0 aliphatic carbocycles. The van der Waals surface area contributed by atoms with Crippen LogP contribution in [0.2, 0.25) is 0 Å². The highest BCUT2D eigenvalue weighted by molar-refractivity contribution is 5.46. The molecule has 0 aromatic carbocycles. The number of unbranched alkanes of at least 4 members (excludes halogenated alkanes) is 1. The first-order valence-corrected chi connectivity index (χ1v) is 6.89. The Bertz CT molecular complexity index is 359. The second-order valence-corrected chi connectivity index (χ2v) is 4.98. The van der Waals surface area contributed by atoms with Crippen molar-refractivity contribution in [1.82, 2.24) is 9.88 Å². The minimum Gasteiger partial charge on any atom is -0.369 e. The summed E-state index contributed by atoms with van der Waals surface area (Å²) in [5, 5.41) is 0. The zero-order valence-corrected chi connectivity index (χ0v) is 11.3. The molecule has 4 nitrogen and oxygen atoms in total. The van der Waals surface area contributed by atoms with Crippen LogP contribution in [0, 0.1) is 6.92 Å². The van der Waals surface area contributed by atoms with Gasteiger partial charge < -0.3 is 10.6 Å². The Balaban J connectivity index is 1.79. The van der Waals surface area contributed by atoms with Gasteiger partial charge in [-0.25, -0.2) is 0 Å². The van der Waals surface area contributed by atoms with Crippen molar-refractivity contribution in [2.45, 2.75) is 19.8 Å². The highest BCUT2D eigenvalue weighted by Gasteiger charge is 2.16. The van der Waals surface area contributed by atoms with Gasteiger partial charge in [-0.05, 0) is 45.0 Å². The average molecular weight is 248 g/mol. The summed E-state index contributed by atoms with van der Waals surface area (Å²) in [5.74, 6) is 0. The predicted molar refractivity (Wildman–Crippen MR) is 75.9 cm³/mol. The molecule has 1 saturated heterocycles. The number of hydrogen-bond donors (Lipinski definition) is 1. The summed E-state index contributed by atoms with van der Waals surface area (Å²) in [7, 11) is 0. The quantitative estimate of drug-likeness (QED) is 0.797. The Morgan fingerprint density at radius 2 is 2.00 bits per heavy atom. The molecule has 1 aliphatic rings. The van der Waals surface area contributed by atoms with Crippen molar-refractivity contribution in [3.8, 4) is 0 Å². The van der Waals surface area contributed by atoms with Gasteiger partial charge in [-0.3, -0.25) is 9.88 Å². The lowest BCUT2D eigenvalue weighted by molar-refractivity contribution is 0.253. The molecule has 1 fully saturated rings. The molecule has 0 unspecified atom stereocenters. The fraction of sp³-hybridized carbons (Fsp3) is 0.643. The summed E-state index contributed by atoms with van der Waals surface area (Å²) < 4.78 is 0. The van der Waals surface area contributed by atoms with Crippen LogP contribution in [0.4, 0.5) is 5.69 Å². The molecular weight excluding hydrogens is 224 g/mol. The Morgan fingerprint density at radius 3 is 2.67 bits per heavy atom. The van der Waals surface area contributed by atoms with Crippen LogP contribution in [0.25, 0.3) is 0 Å². The van der Waals surface area contributed by atoms with Gasteiger partial charge in [0.25, 0.3) is 0 Å². The van der Waals surface area contributed by atoms with Gasteiger partial charge in [0.1, 0.15) is 0 Å². The fourth-order valence-corrected chi connectivity index (χ4v) is 2.44. The molecule has 0 bridgehead atoms. The molecule has 4 heteroatoms. The number of nitrogens with zero attached hydrogens (tertiary/aromatic N) is 3. The van der Waals surface area contributed by atoms with E-state index in [-0.39, 0.29) is 0 Å². The Morgan fingerprint density at radius 1 is 1.22 bits per heavy atom. The predicted octanol–water partition coefficient (Wildman–Crippen LogP) is 1.25. The largest absolute Gasteiger partial charge is 0.369 e. The van der Waals surface area contributed by atoms with Gasteiger partial charge in [0, 0.05) is 43.8 Å². The van der Waals surface area contributed by atoms with Gasteiger partial charge in [-0.2, -0.15) is 0 Å². The molecule has 0 amide bonds. The molecule has 18 heavy (non-hydrogen) atoms. The first-order valence-electron chi connectivity index (χ1n) is 6.89. The number of hydrogen-bond acceptors (Lipinski definition) is 4. The Kier molecular flexibility index (Phi) is 4.96. The summed E-state index contributed by atoms with van der Waals surface area (Å²) in [6, 6.07) is 4.28. The van der Waals surface area contributed by atoms with E-state index in [4.69, 9.17) is 5.73 Å². The van der Waals surface area contributed by atoms with Crippen LogP contribution in [-0.4, -0.2) is 49.2 Å². The fourth-order valence-electron chi connectivity index (χ4n) is 2.44. The third kappa shape index (κ3) is 3.68. The lowest BCUT2D eigenvalue weighted by Gasteiger charge is -2.36. The number of rotatable bonds is 5. The van der Waals surface area contributed by atoms with Crippen LogP contribution < -0.4 is 10.6 Å². The molecule has 0 saturated carbocycles. The molecule has 2 heterocycles. The number of anilines is 1. The van der Waals surface area contributed by atoms with Gasteiger partial charge in [-0.15, -0.1) is 0 Å². The van der Waals surface area contributed by atoms with Crippen molar-refractivity contribution >= 4 is 5.69 Å². The summed E-state index contributed by atoms with van der Waals surface area (Å²) >= 11 is 0. The van der Waals surface area contributed by atoms with Crippen LogP contribution in [0.15, 0.2) is 18.3 Å². The summed E-state index contributed by atoms with van der Waals surface area (Å²) in [4.78, 5) is 9.24. The van der Waals surface area contributed by atoms with Gasteiger partial charge in [0.05, 0.1) is 0 Å². The maximum atomic E-state index is 5.52. The van der Waals surface area contributed by atoms with E-state index in [2.05, 4.69) is 26.9 Å². The van der Waals surface area contributed by atoms with Gasteiger partial charge in [0.15, 0.2) is 0 Å². The molecule has 0 radical (unpaired) electrons.